The van der Waals surface area contributed by atoms with Gasteiger partial charge in [-0.2, -0.15) is 0 Å². The fourth-order valence-electron chi connectivity index (χ4n) is 2.56. The van der Waals surface area contributed by atoms with E-state index in [1.807, 2.05) is 23.1 Å². The Balaban J connectivity index is 1.63. The highest BCUT2D eigenvalue weighted by Crippen LogP contribution is 2.20. The number of amides is 1. The topological polar surface area (TPSA) is 36.1 Å². The van der Waals surface area contributed by atoms with E-state index in [9.17, 15) is 4.79 Å². The van der Waals surface area contributed by atoms with Crippen LogP contribution in [0.4, 0.5) is 0 Å². The minimum Gasteiger partial charge on any atom is -0.357 e. The van der Waals surface area contributed by atoms with Gasteiger partial charge in [-0.1, -0.05) is 42.0 Å². The molecule has 0 radical (unpaired) electrons. The fraction of sp³-hybridized carbons (Fsp3) is 0.235. The third-order valence-corrected chi connectivity index (χ3v) is 3.69. The first-order valence-corrected chi connectivity index (χ1v) is 7.00. The third-order valence-electron chi connectivity index (χ3n) is 3.69. The van der Waals surface area contributed by atoms with E-state index in [2.05, 4.69) is 35.3 Å². The van der Waals surface area contributed by atoms with E-state index in [1.54, 1.807) is 6.20 Å². The molecule has 2 aromatic rings. The number of likely N-dealkylation sites (tertiary alicyclic amines) is 1. The van der Waals surface area contributed by atoms with Crippen molar-refractivity contribution in [3.8, 4) is 0 Å². The Morgan fingerprint density at radius 3 is 2.45 bits per heavy atom. The minimum atomic E-state index is 0.105. The number of nitrogens with zero attached hydrogens (tertiary/aromatic N) is 1. The highest BCUT2D eigenvalue weighted by atomic mass is 16.2. The summed E-state index contributed by atoms with van der Waals surface area (Å²) in [5.41, 5.74) is 3.35. The number of carbonyl (C=O) groups is 1. The number of benzene rings is 1. The molecule has 3 nitrogen and oxygen atoms in total. The van der Waals surface area contributed by atoms with Gasteiger partial charge >= 0.3 is 0 Å². The zero-order chi connectivity index (χ0) is 13.8. The van der Waals surface area contributed by atoms with E-state index < -0.39 is 0 Å². The van der Waals surface area contributed by atoms with Crippen LogP contribution >= 0.6 is 0 Å². The van der Waals surface area contributed by atoms with Crippen LogP contribution in [0.2, 0.25) is 0 Å². The molecule has 1 aromatic heterocycles. The second-order valence-electron chi connectivity index (χ2n) is 5.09. The maximum absolute atomic E-state index is 12.2. The van der Waals surface area contributed by atoms with Gasteiger partial charge in [-0.25, -0.2) is 0 Å². The predicted octanol–water partition coefficient (Wildman–Crippen LogP) is 3.33. The number of hydrogen-bond donors (Lipinski definition) is 1. The van der Waals surface area contributed by atoms with Crippen molar-refractivity contribution in [2.45, 2.75) is 12.8 Å². The van der Waals surface area contributed by atoms with Crippen molar-refractivity contribution in [2.75, 3.05) is 13.1 Å². The van der Waals surface area contributed by atoms with Gasteiger partial charge in [-0.15, -0.1) is 0 Å². The first-order valence-electron chi connectivity index (χ1n) is 7.00. The largest absolute Gasteiger partial charge is 0.357 e. The molecule has 2 heterocycles. The Bertz CT molecular complexity index is 589. The number of rotatable bonds is 2. The standard InChI is InChI=1S/C17H18N2O/c20-17(16-7-4-10-18-16)19-11-8-15(9-12-19)13-14-5-2-1-3-6-14/h1-7,10,13,18H,8-9,11-12H2. The highest BCUT2D eigenvalue weighted by molar-refractivity contribution is 5.92. The summed E-state index contributed by atoms with van der Waals surface area (Å²) in [7, 11) is 0. The predicted molar refractivity (Wildman–Crippen MR) is 80.3 cm³/mol. The summed E-state index contributed by atoms with van der Waals surface area (Å²) in [6.07, 6.45) is 5.96. The van der Waals surface area contributed by atoms with E-state index in [0.29, 0.717) is 5.69 Å². The molecular weight excluding hydrogens is 248 g/mol. The quantitative estimate of drug-likeness (QED) is 0.889. The van der Waals surface area contributed by atoms with Gasteiger partial charge in [0.1, 0.15) is 5.69 Å². The van der Waals surface area contributed by atoms with Crippen LogP contribution in [0.5, 0.6) is 0 Å². The molecule has 1 aromatic carbocycles. The number of carbonyl (C=O) groups excluding carboxylic acids is 1. The SMILES string of the molecule is O=C(c1ccc[nH]1)N1CCC(=Cc2ccccc2)CC1. The van der Waals surface area contributed by atoms with Crippen molar-refractivity contribution in [3.63, 3.8) is 0 Å². The van der Waals surface area contributed by atoms with Crippen molar-refractivity contribution < 1.29 is 4.79 Å². The number of H-pyrrole nitrogens is 1. The van der Waals surface area contributed by atoms with E-state index in [-0.39, 0.29) is 5.91 Å². The third kappa shape index (κ3) is 2.82. The molecule has 0 bridgehead atoms. The molecule has 0 aliphatic carbocycles. The maximum Gasteiger partial charge on any atom is 0.270 e. The van der Waals surface area contributed by atoms with Crippen molar-refractivity contribution in [1.82, 2.24) is 9.88 Å². The summed E-state index contributed by atoms with van der Waals surface area (Å²) in [6.45, 7) is 1.60. The number of aromatic nitrogens is 1. The Hall–Kier alpha value is -2.29. The number of hydrogen-bond acceptors (Lipinski definition) is 1. The lowest BCUT2D eigenvalue weighted by atomic mass is 10.0. The summed E-state index contributed by atoms with van der Waals surface area (Å²) < 4.78 is 0. The summed E-state index contributed by atoms with van der Waals surface area (Å²) in [4.78, 5) is 17.1. The molecule has 0 unspecified atom stereocenters. The molecule has 1 amide bonds. The Kier molecular flexibility index (Phi) is 3.68. The van der Waals surface area contributed by atoms with Gasteiger partial charge in [0.05, 0.1) is 0 Å². The molecule has 0 spiro atoms. The summed E-state index contributed by atoms with van der Waals surface area (Å²) in [5.74, 6) is 0.105. The van der Waals surface area contributed by atoms with Crippen molar-refractivity contribution >= 4 is 12.0 Å². The van der Waals surface area contributed by atoms with E-state index in [4.69, 9.17) is 0 Å². The smallest absolute Gasteiger partial charge is 0.270 e. The Morgan fingerprint density at radius 2 is 1.80 bits per heavy atom. The zero-order valence-corrected chi connectivity index (χ0v) is 11.4. The average Bonchev–Trinajstić information content (AvgIpc) is 3.03. The summed E-state index contributed by atoms with van der Waals surface area (Å²) in [6, 6.07) is 14.1. The molecule has 3 heteroatoms. The molecule has 0 saturated carbocycles. The maximum atomic E-state index is 12.2. The first kappa shape index (κ1) is 12.7. The second-order valence-corrected chi connectivity index (χ2v) is 5.09. The van der Waals surface area contributed by atoms with Gasteiger partial charge in [0, 0.05) is 19.3 Å². The van der Waals surface area contributed by atoms with Crippen LogP contribution in [0.3, 0.4) is 0 Å². The van der Waals surface area contributed by atoms with Crippen LogP contribution in [-0.4, -0.2) is 28.9 Å². The number of nitrogens with one attached hydrogen (secondary N) is 1. The molecule has 1 aliphatic heterocycles. The van der Waals surface area contributed by atoms with Gasteiger partial charge in [-0.05, 0) is 30.5 Å². The van der Waals surface area contributed by atoms with Crippen molar-refractivity contribution in [1.29, 1.82) is 0 Å². The van der Waals surface area contributed by atoms with Gasteiger partial charge in [0.2, 0.25) is 0 Å². The van der Waals surface area contributed by atoms with Crippen molar-refractivity contribution in [3.05, 3.63) is 65.5 Å². The highest BCUT2D eigenvalue weighted by Gasteiger charge is 2.20. The van der Waals surface area contributed by atoms with Crippen LogP contribution in [0.15, 0.2) is 54.2 Å². The molecule has 20 heavy (non-hydrogen) atoms. The monoisotopic (exact) mass is 266 g/mol. The van der Waals surface area contributed by atoms with E-state index >= 15 is 0 Å². The lowest BCUT2D eigenvalue weighted by Gasteiger charge is -2.28. The van der Waals surface area contributed by atoms with E-state index in [1.165, 1.54) is 11.1 Å². The normalized spacial score (nSPS) is 15.2. The van der Waals surface area contributed by atoms with Gasteiger partial charge < -0.3 is 9.88 Å². The van der Waals surface area contributed by atoms with Crippen LogP contribution < -0.4 is 0 Å². The fourth-order valence-corrected chi connectivity index (χ4v) is 2.56. The zero-order valence-electron chi connectivity index (χ0n) is 11.4. The lowest BCUT2D eigenvalue weighted by Crippen LogP contribution is -2.36. The van der Waals surface area contributed by atoms with Gasteiger partial charge in [0.25, 0.3) is 5.91 Å². The average molecular weight is 266 g/mol. The molecule has 1 saturated heterocycles. The molecular formula is C17H18N2O. The van der Waals surface area contributed by atoms with Crippen LogP contribution in [0, 0.1) is 0 Å². The Morgan fingerprint density at radius 1 is 1.05 bits per heavy atom. The molecule has 3 rings (SSSR count). The van der Waals surface area contributed by atoms with E-state index in [0.717, 1.165) is 25.9 Å². The number of piperidine rings is 1. The van der Waals surface area contributed by atoms with Crippen LogP contribution in [0.1, 0.15) is 28.9 Å². The molecule has 102 valence electrons. The van der Waals surface area contributed by atoms with Crippen LogP contribution in [-0.2, 0) is 0 Å². The second kappa shape index (κ2) is 5.78. The summed E-state index contributed by atoms with van der Waals surface area (Å²) in [5, 5.41) is 0. The summed E-state index contributed by atoms with van der Waals surface area (Å²) >= 11 is 0. The number of aromatic amines is 1. The van der Waals surface area contributed by atoms with Gasteiger partial charge in [0.15, 0.2) is 0 Å². The van der Waals surface area contributed by atoms with Gasteiger partial charge in [-0.3, -0.25) is 4.79 Å². The lowest BCUT2D eigenvalue weighted by molar-refractivity contribution is 0.0739. The van der Waals surface area contributed by atoms with Crippen molar-refractivity contribution in [2.24, 2.45) is 0 Å². The molecule has 1 N–H and O–H groups in total. The minimum absolute atomic E-state index is 0.105. The molecule has 1 fully saturated rings. The van der Waals surface area contributed by atoms with Crippen LogP contribution in [0.25, 0.3) is 6.08 Å². The first-order chi connectivity index (χ1) is 9.83. The Labute approximate surface area is 118 Å². The molecule has 1 aliphatic rings. The molecule has 0 atom stereocenters.